The van der Waals surface area contributed by atoms with Gasteiger partial charge in [0.2, 0.25) is 0 Å². The molecule has 1 atom stereocenters. The van der Waals surface area contributed by atoms with E-state index in [0.29, 0.717) is 43.3 Å². The Bertz CT molecular complexity index is 1140. The second-order valence-electron chi connectivity index (χ2n) is 7.86. The Morgan fingerprint density at radius 3 is 2.55 bits per heavy atom. The Hall–Kier alpha value is -3.39. The Morgan fingerprint density at radius 1 is 1.16 bits per heavy atom. The highest BCUT2D eigenvalue weighted by atomic mass is 16.5. The van der Waals surface area contributed by atoms with Gasteiger partial charge >= 0.3 is 0 Å². The standard InChI is InChI=1S/C23H27N5O3/c1-16(24-18-7-5-4-6-8-18)19-13-17(23(30)26(2)3)15-28-21(29)14-20(25-22(19)28)27-9-11-31-12-10-27/h4-8,13-16,24H,9-12H2,1-3H3. The summed E-state index contributed by atoms with van der Waals surface area (Å²) in [6.07, 6.45) is 1.58. The number of amides is 1. The maximum Gasteiger partial charge on any atom is 0.259 e. The first-order valence-electron chi connectivity index (χ1n) is 10.4. The number of anilines is 2. The zero-order valence-corrected chi connectivity index (χ0v) is 18.0. The molecule has 1 amide bonds. The van der Waals surface area contributed by atoms with E-state index in [0.717, 1.165) is 11.3 Å². The molecule has 162 valence electrons. The van der Waals surface area contributed by atoms with E-state index in [4.69, 9.17) is 9.72 Å². The van der Waals surface area contributed by atoms with Crippen LogP contribution in [-0.4, -0.2) is 60.6 Å². The number of para-hydroxylation sites is 1. The molecule has 8 nitrogen and oxygen atoms in total. The van der Waals surface area contributed by atoms with Crippen LogP contribution in [0.5, 0.6) is 0 Å². The lowest BCUT2D eigenvalue weighted by Gasteiger charge is -2.28. The van der Waals surface area contributed by atoms with E-state index in [2.05, 4.69) is 10.2 Å². The Kier molecular flexibility index (Phi) is 5.90. The lowest BCUT2D eigenvalue weighted by Crippen LogP contribution is -2.37. The minimum absolute atomic E-state index is 0.167. The molecule has 1 aliphatic heterocycles. The molecule has 1 saturated heterocycles. The van der Waals surface area contributed by atoms with Crippen molar-refractivity contribution >= 4 is 23.1 Å². The summed E-state index contributed by atoms with van der Waals surface area (Å²) in [6, 6.07) is 13.0. The fourth-order valence-electron chi connectivity index (χ4n) is 3.73. The summed E-state index contributed by atoms with van der Waals surface area (Å²) in [7, 11) is 3.39. The summed E-state index contributed by atoms with van der Waals surface area (Å²) in [5.74, 6) is 0.465. The first-order valence-corrected chi connectivity index (χ1v) is 10.4. The number of carbonyl (C=O) groups is 1. The second kappa shape index (κ2) is 8.77. The first kappa shape index (κ1) is 20.9. The third-order valence-electron chi connectivity index (χ3n) is 5.39. The van der Waals surface area contributed by atoms with Crippen LogP contribution in [-0.2, 0) is 4.74 Å². The van der Waals surface area contributed by atoms with Gasteiger partial charge in [0.15, 0.2) is 0 Å². The van der Waals surface area contributed by atoms with Crippen LogP contribution in [0.4, 0.5) is 11.5 Å². The number of aromatic nitrogens is 2. The molecule has 1 N–H and O–H groups in total. The van der Waals surface area contributed by atoms with Crippen molar-refractivity contribution in [1.82, 2.24) is 14.3 Å². The molecule has 1 unspecified atom stereocenters. The Balaban J connectivity index is 1.85. The predicted molar refractivity (Wildman–Crippen MR) is 121 cm³/mol. The highest BCUT2D eigenvalue weighted by molar-refractivity contribution is 5.94. The normalized spacial score (nSPS) is 15.0. The first-order chi connectivity index (χ1) is 14.9. The maximum absolute atomic E-state index is 13.0. The SMILES string of the molecule is CC(Nc1ccccc1)c1cc(C(=O)N(C)C)cn2c(=O)cc(N3CCOCC3)nc12. The van der Waals surface area contributed by atoms with E-state index in [9.17, 15) is 9.59 Å². The lowest BCUT2D eigenvalue weighted by molar-refractivity contribution is 0.0827. The van der Waals surface area contributed by atoms with Gasteiger partial charge in [-0.05, 0) is 25.1 Å². The topological polar surface area (TPSA) is 79.2 Å². The molecule has 0 spiro atoms. The van der Waals surface area contributed by atoms with Crippen molar-refractivity contribution in [3.8, 4) is 0 Å². The molecule has 0 radical (unpaired) electrons. The average molecular weight is 422 g/mol. The van der Waals surface area contributed by atoms with Gasteiger partial charge in [0.05, 0.1) is 24.8 Å². The molecule has 4 rings (SSSR count). The van der Waals surface area contributed by atoms with E-state index in [1.165, 1.54) is 15.4 Å². The number of fused-ring (bicyclic) bond motifs is 1. The number of nitrogens with one attached hydrogen (secondary N) is 1. The van der Waals surface area contributed by atoms with Crippen LogP contribution in [0.15, 0.2) is 53.5 Å². The molecule has 0 aliphatic carbocycles. The molecule has 1 fully saturated rings. The number of rotatable bonds is 5. The van der Waals surface area contributed by atoms with Gasteiger partial charge in [-0.25, -0.2) is 4.98 Å². The van der Waals surface area contributed by atoms with Crippen molar-refractivity contribution < 1.29 is 9.53 Å². The van der Waals surface area contributed by atoms with Crippen LogP contribution < -0.4 is 15.8 Å². The van der Waals surface area contributed by atoms with Gasteiger partial charge in [-0.1, -0.05) is 18.2 Å². The number of benzene rings is 1. The predicted octanol–water partition coefficient (Wildman–Crippen LogP) is 2.41. The smallest absolute Gasteiger partial charge is 0.259 e. The van der Waals surface area contributed by atoms with Crippen molar-refractivity contribution in [1.29, 1.82) is 0 Å². The van der Waals surface area contributed by atoms with Gasteiger partial charge in [-0.15, -0.1) is 0 Å². The maximum atomic E-state index is 13.0. The quantitative estimate of drug-likeness (QED) is 0.682. The molecular formula is C23H27N5O3. The largest absolute Gasteiger partial charge is 0.378 e. The van der Waals surface area contributed by atoms with Crippen molar-refractivity contribution in [2.24, 2.45) is 0 Å². The average Bonchev–Trinajstić information content (AvgIpc) is 2.79. The highest BCUT2D eigenvalue weighted by Crippen LogP contribution is 2.25. The molecular weight excluding hydrogens is 394 g/mol. The van der Waals surface area contributed by atoms with Gasteiger partial charge in [-0.2, -0.15) is 0 Å². The zero-order valence-electron chi connectivity index (χ0n) is 18.0. The van der Waals surface area contributed by atoms with Gasteiger partial charge in [0.25, 0.3) is 11.5 Å². The van der Waals surface area contributed by atoms with Crippen LogP contribution >= 0.6 is 0 Å². The number of pyridine rings is 1. The molecule has 3 heterocycles. The summed E-state index contributed by atoms with van der Waals surface area (Å²) in [4.78, 5) is 34.1. The molecule has 31 heavy (non-hydrogen) atoms. The van der Waals surface area contributed by atoms with E-state index in [1.54, 1.807) is 20.3 Å². The van der Waals surface area contributed by atoms with Crippen LogP contribution in [0, 0.1) is 0 Å². The molecule has 1 aromatic carbocycles. The summed E-state index contributed by atoms with van der Waals surface area (Å²) in [5.41, 5.74) is 2.50. The van der Waals surface area contributed by atoms with Crippen LogP contribution in [0.3, 0.4) is 0 Å². The summed E-state index contributed by atoms with van der Waals surface area (Å²) >= 11 is 0. The van der Waals surface area contributed by atoms with Crippen molar-refractivity contribution in [2.75, 3.05) is 50.6 Å². The van der Waals surface area contributed by atoms with E-state index >= 15 is 0 Å². The fraction of sp³-hybridized carbons (Fsp3) is 0.348. The third kappa shape index (κ3) is 4.39. The lowest BCUT2D eigenvalue weighted by atomic mass is 10.1. The van der Waals surface area contributed by atoms with Gasteiger partial charge in [0.1, 0.15) is 11.5 Å². The van der Waals surface area contributed by atoms with E-state index < -0.39 is 0 Å². The Labute approximate surface area is 181 Å². The number of hydrogen-bond acceptors (Lipinski definition) is 6. The van der Waals surface area contributed by atoms with Gasteiger partial charge < -0.3 is 19.9 Å². The number of carbonyl (C=O) groups excluding carboxylic acids is 1. The van der Waals surface area contributed by atoms with Crippen LogP contribution in [0.2, 0.25) is 0 Å². The molecule has 0 saturated carbocycles. The van der Waals surface area contributed by atoms with Crippen LogP contribution in [0.1, 0.15) is 28.9 Å². The zero-order chi connectivity index (χ0) is 22.0. The van der Waals surface area contributed by atoms with Crippen LogP contribution in [0.25, 0.3) is 5.65 Å². The monoisotopic (exact) mass is 421 g/mol. The molecule has 0 bridgehead atoms. The second-order valence-corrected chi connectivity index (χ2v) is 7.86. The van der Waals surface area contributed by atoms with E-state index in [1.807, 2.05) is 43.3 Å². The summed E-state index contributed by atoms with van der Waals surface area (Å²) < 4.78 is 6.90. The fourth-order valence-corrected chi connectivity index (χ4v) is 3.73. The van der Waals surface area contributed by atoms with Crippen molar-refractivity contribution in [3.63, 3.8) is 0 Å². The number of morpholine rings is 1. The molecule has 8 heteroatoms. The number of nitrogens with zero attached hydrogens (tertiary/aromatic N) is 4. The minimum atomic E-state index is -0.215. The van der Waals surface area contributed by atoms with Crippen molar-refractivity contribution in [3.05, 3.63) is 70.1 Å². The number of hydrogen-bond donors (Lipinski definition) is 1. The van der Waals surface area contributed by atoms with Gasteiger partial charge in [0, 0.05) is 50.7 Å². The van der Waals surface area contributed by atoms with Gasteiger partial charge in [-0.3, -0.25) is 14.0 Å². The number of ether oxygens (including phenoxy) is 1. The highest BCUT2D eigenvalue weighted by Gasteiger charge is 2.20. The third-order valence-corrected chi connectivity index (χ3v) is 5.39. The molecule has 1 aliphatic rings. The van der Waals surface area contributed by atoms with E-state index in [-0.39, 0.29) is 17.5 Å². The molecule has 3 aromatic rings. The minimum Gasteiger partial charge on any atom is -0.378 e. The summed E-state index contributed by atoms with van der Waals surface area (Å²) in [6.45, 7) is 4.59. The van der Waals surface area contributed by atoms with Crippen molar-refractivity contribution in [2.45, 2.75) is 13.0 Å². The summed E-state index contributed by atoms with van der Waals surface area (Å²) in [5, 5.41) is 3.45. The Morgan fingerprint density at radius 2 is 1.87 bits per heavy atom. The molecule has 2 aromatic heterocycles.